The van der Waals surface area contributed by atoms with Crippen molar-refractivity contribution in [1.82, 2.24) is 0 Å². The van der Waals surface area contributed by atoms with Gasteiger partial charge in [-0.05, 0) is 60.7 Å². The van der Waals surface area contributed by atoms with Crippen molar-refractivity contribution < 1.29 is 19.3 Å². The SMILES string of the molecule is Cc1cc(Cl)ccc1N1C(CC(C)C)C=[N+](C(=O)CC(=O)O)CC1c1ccc(Cl)cc1. The van der Waals surface area contributed by atoms with Gasteiger partial charge in [0.1, 0.15) is 12.1 Å². The maximum Gasteiger partial charge on any atom is 0.398 e. The van der Waals surface area contributed by atoms with Crippen LogP contribution in [0, 0.1) is 12.8 Å². The van der Waals surface area contributed by atoms with Gasteiger partial charge in [-0.15, -0.1) is 0 Å². The van der Waals surface area contributed by atoms with Crippen LogP contribution in [0.25, 0.3) is 0 Å². The number of carbonyl (C=O) groups is 2. The smallest absolute Gasteiger partial charge is 0.398 e. The van der Waals surface area contributed by atoms with E-state index in [4.69, 9.17) is 28.3 Å². The Labute approximate surface area is 192 Å². The molecular formula is C24H27Cl2N2O3+. The van der Waals surface area contributed by atoms with Crippen LogP contribution in [-0.4, -0.2) is 40.4 Å². The Morgan fingerprint density at radius 3 is 2.35 bits per heavy atom. The van der Waals surface area contributed by atoms with Gasteiger partial charge in [-0.25, -0.2) is 4.79 Å². The summed E-state index contributed by atoms with van der Waals surface area (Å²) in [5.74, 6) is -1.16. The number of nitrogens with zero attached hydrogens (tertiary/aromatic N) is 2. The third-order valence-corrected chi connectivity index (χ3v) is 5.93. The molecule has 3 rings (SSSR count). The maximum absolute atomic E-state index is 12.7. The van der Waals surface area contributed by atoms with E-state index in [0.717, 1.165) is 23.2 Å². The number of aryl methyl sites for hydroxylation is 1. The number of rotatable bonds is 6. The standard InChI is InChI=1S/C24H26Cl2N2O3/c1-15(2)10-20-13-27(23(29)12-24(30)31)14-22(17-4-6-18(25)7-5-17)28(20)21-9-8-19(26)11-16(21)3/h4-9,11,13,15,20,22H,10,12,14H2,1-3H3/p+1. The summed E-state index contributed by atoms with van der Waals surface area (Å²) < 4.78 is 1.57. The largest absolute Gasteiger partial charge is 0.481 e. The van der Waals surface area contributed by atoms with Crippen LogP contribution in [0.3, 0.4) is 0 Å². The summed E-state index contributed by atoms with van der Waals surface area (Å²) in [6, 6.07) is 13.2. The lowest BCUT2D eigenvalue weighted by molar-refractivity contribution is -0.453. The lowest BCUT2D eigenvalue weighted by Gasteiger charge is -2.41. The molecule has 1 N–H and O–H groups in total. The molecule has 0 saturated heterocycles. The lowest BCUT2D eigenvalue weighted by atomic mass is 9.94. The molecule has 0 fully saturated rings. The van der Waals surface area contributed by atoms with Gasteiger partial charge in [0.15, 0.2) is 19.2 Å². The van der Waals surface area contributed by atoms with E-state index in [9.17, 15) is 9.59 Å². The third-order valence-electron chi connectivity index (χ3n) is 5.44. The number of hydrogen-bond donors (Lipinski definition) is 1. The minimum atomic E-state index is -1.13. The first-order valence-corrected chi connectivity index (χ1v) is 11.1. The van der Waals surface area contributed by atoms with Crippen LogP contribution < -0.4 is 4.90 Å². The highest BCUT2D eigenvalue weighted by Crippen LogP contribution is 2.36. The molecule has 1 aliphatic rings. The molecule has 0 spiro atoms. The third kappa shape index (κ3) is 5.66. The fourth-order valence-electron chi connectivity index (χ4n) is 4.13. The topological polar surface area (TPSA) is 60.6 Å². The summed E-state index contributed by atoms with van der Waals surface area (Å²) >= 11 is 12.3. The number of carbonyl (C=O) groups excluding carboxylic acids is 1. The van der Waals surface area contributed by atoms with E-state index in [1.54, 1.807) is 4.58 Å². The number of carboxylic acid groups (broad SMARTS) is 1. The molecule has 0 aliphatic carbocycles. The van der Waals surface area contributed by atoms with Crippen molar-refractivity contribution >= 4 is 47.0 Å². The molecular weight excluding hydrogens is 435 g/mol. The number of aliphatic carboxylic acids is 1. The van der Waals surface area contributed by atoms with E-state index < -0.39 is 18.3 Å². The summed E-state index contributed by atoms with van der Waals surface area (Å²) in [5.41, 5.74) is 3.09. The van der Waals surface area contributed by atoms with E-state index >= 15 is 0 Å². The number of carboxylic acids is 1. The van der Waals surface area contributed by atoms with Crippen LogP contribution in [0.2, 0.25) is 10.0 Å². The van der Waals surface area contributed by atoms with Crippen molar-refractivity contribution in [2.24, 2.45) is 5.92 Å². The Balaban J connectivity index is 2.14. The van der Waals surface area contributed by atoms with Crippen LogP contribution in [-0.2, 0) is 9.59 Å². The molecule has 0 aromatic heterocycles. The van der Waals surface area contributed by atoms with E-state index in [0.29, 0.717) is 22.5 Å². The minimum Gasteiger partial charge on any atom is -0.481 e. The maximum atomic E-state index is 12.7. The number of halogens is 2. The lowest BCUT2D eigenvalue weighted by Crippen LogP contribution is -2.51. The van der Waals surface area contributed by atoms with E-state index in [2.05, 4.69) is 18.7 Å². The van der Waals surface area contributed by atoms with Crippen LogP contribution in [0.15, 0.2) is 42.5 Å². The molecule has 2 atom stereocenters. The average molecular weight is 462 g/mol. The minimum absolute atomic E-state index is 0.0907. The molecule has 5 nitrogen and oxygen atoms in total. The van der Waals surface area contributed by atoms with Crippen molar-refractivity contribution in [3.05, 3.63) is 63.6 Å². The quantitative estimate of drug-likeness (QED) is 0.464. The summed E-state index contributed by atoms with van der Waals surface area (Å²) in [4.78, 5) is 26.2. The monoisotopic (exact) mass is 461 g/mol. The molecule has 2 aromatic rings. The summed E-state index contributed by atoms with van der Waals surface area (Å²) in [6.07, 6.45) is 2.16. The summed E-state index contributed by atoms with van der Waals surface area (Å²) in [7, 11) is 0. The van der Waals surface area contributed by atoms with Gasteiger partial charge < -0.3 is 10.0 Å². The second kappa shape index (κ2) is 9.84. The zero-order valence-corrected chi connectivity index (χ0v) is 19.4. The van der Waals surface area contributed by atoms with Crippen LogP contribution in [0.4, 0.5) is 5.69 Å². The van der Waals surface area contributed by atoms with Gasteiger partial charge in [0.2, 0.25) is 0 Å². The van der Waals surface area contributed by atoms with Crippen LogP contribution in [0.5, 0.6) is 0 Å². The number of anilines is 1. The first kappa shape index (κ1) is 23.3. The Morgan fingerprint density at radius 2 is 1.77 bits per heavy atom. The van der Waals surface area contributed by atoms with Crippen molar-refractivity contribution in [2.45, 2.75) is 45.7 Å². The van der Waals surface area contributed by atoms with E-state index in [-0.39, 0.29) is 12.1 Å². The molecule has 1 aliphatic heterocycles. The van der Waals surface area contributed by atoms with Gasteiger partial charge in [-0.2, -0.15) is 4.58 Å². The van der Waals surface area contributed by atoms with Crippen LogP contribution in [0.1, 0.15) is 43.9 Å². The second-order valence-corrected chi connectivity index (χ2v) is 9.24. The van der Waals surface area contributed by atoms with Crippen molar-refractivity contribution in [3.8, 4) is 0 Å². The Morgan fingerprint density at radius 1 is 1.13 bits per heavy atom. The zero-order valence-electron chi connectivity index (χ0n) is 17.9. The normalized spacial score (nSPS) is 18.8. The first-order valence-electron chi connectivity index (χ1n) is 10.3. The van der Waals surface area contributed by atoms with Gasteiger partial charge in [0, 0.05) is 15.7 Å². The molecule has 0 bridgehead atoms. The predicted octanol–water partition coefficient (Wildman–Crippen LogP) is 5.36. The van der Waals surface area contributed by atoms with Crippen molar-refractivity contribution in [3.63, 3.8) is 0 Å². The molecule has 0 radical (unpaired) electrons. The number of hydrogen-bond acceptors (Lipinski definition) is 3. The molecule has 2 aromatic carbocycles. The van der Waals surface area contributed by atoms with E-state index in [1.165, 1.54) is 0 Å². The molecule has 1 amide bonds. The molecule has 0 saturated carbocycles. The highest BCUT2D eigenvalue weighted by atomic mass is 35.5. The van der Waals surface area contributed by atoms with Gasteiger partial charge in [-0.1, -0.05) is 49.2 Å². The van der Waals surface area contributed by atoms with Gasteiger partial charge in [0.05, 0.1) is 0 Å². The Bertz CT molecular complexity index is 1000. The zero-order chi connectivity index (χ0) is 22.7. The van der Waals surface area contributed by atoms with Gasteiger partial charge in [-0.3, -0.25) is 4.79 Å². The molecule has 1 heterocycles. The van der Waals surface area contributed by atoms with Gasteiger partial charge in [0.25, 0.3) is 0 Å². The second-order valence-electron chi connectivity index (χ2n) is 8.37. The highest BCUT2D eigenvalue weighted by Gasteiger charge is 2.40. The van der Waals surface area contributed by atoms with Gasteiger partial charge >= 0.3 is 11.9 Å². The molecule has 164 valence electrons. The number of amides is 1. The highest BCUT2D eigenvalue weighted by molar-refractivity contribution is 6.31. The molecule has 31 heavy (non-hydrogen) atoms. The Kier molecular flexibility index (Phi) is 7.39. The van der Waals surface area contributed by atoms with Crippen molar-refractivity contribution in [1.29, 1.82) is 0 Å². The fourth-order valence-corrected chi connectivity index (χ4v) is 4.48. The molecule has 7 heteroatoms. The first-order chi connectivity index (χ1) is 14.7. The van der Waals surface area contributed by atoms with E-state index in [1.807, 2.05) is 55.6 Å². The van der Waals surface area contributed by atoms with Crippen molar-refractivity contribution in [2.75, 3.05) is 11.4 Å². The fraction of sp³-hybridized carbons (Fsp3) is 0.375. The summed E-state index contributed by atoms with van der Waals surface area (Å²) in [6.45, 7) is 6.64. The average Bonchev–Trinajstić information content (AvgIpc) is 2.68. The predicted molar refractivity (Wildman–Crippen MR) is 125 cm³/mol. The molecule has 2 unspecified atom stereocenters. The number of benzene rings is 2. The van der Waals surface area contributed by atoms with Crippen LogP contribution >= 0.6 is 23.2 Å². The Hall–Kier alpha value is -2.37. The summed E-state index contributed by atoms with van der Waals surface area (Å²) in [5, 5.41) is 10.4.